The predicted octanol–water partition coefficient (Wildman–Crippen LogP) is 6.64. The van der Waals surface area contributed by atoms with Crippen molar-refractivity contribution in [1.29, 1.82) is 0 Å². The highest BCUT2D eigenvalue weighted by Gasteiger charge is 2.47. The Morgan fingerprint density at radius 2 is 1.33 bits per heavy atom. The van der Waals surface area contributed by atoms with Gasteiger partial charge in [-0.25, -0.2) is 0 Å². The first-order valence-electron chi connectivity index (χ1n) is 27.0. The second-order valence-corrected chi connectivity index (χ2v) is 27.6. The molecule has 0 aliphatic carbocycles. The quantitative estimate of drug-likeness (QED) is 0.0173. The minimum atomic E-state index is -4.82. The maximum absolute atomic E-state index is 14.3. The Balaban J connectivity index is 0.845. The molecule has 27 heteroatoms. The van der Waals surface area contributed by atoms with Gasteiger partial charge < -0.3 is 50.0 Å². The lowest BCUT2D eigenvalue weighted by atomic mass is 10.1. The molecule has 5 aliphatic heterocycles. The molecule has 0 fully saturated rings. The van der Waals surface area contributed by atoms with E-state index in [2.05, 4.69) is 21.3 Å². The van der Waals surface area contributed by atoms with Crippen molar-refractivity contribution in [3.05, 3.63) is 137 Å². The predicted molar refractivity (Wildman–Crippen MR) is 321 cm³/mol. The summed E-state index contributed by atoms with van der Waals surface area (Å²) in [7, 11) is -4.12. The lowest BCUT2D eigenvalue weighted by Crippen LogP contribution is -2.49. The van der Waals surface area contributed by atoms with Crippen LogP contribution in [0.5, 0.6) is 23.0 Å². The third-order valence-electron chi connectivity index (χ3n) is 15.1. The molecule has 0 aromatic heterocycles. The number of fused-ring (bicyclic) bond motifs is 8. The summed E-state index contributed by atoms with van der Waals surface area (Å²) in [4.78, 5) is 83.0. The topological polar surface area (TPSA) is 306 Å². The summed E-state index contributed by atoms with van der Waals surface area (Å²) in [5.41, 5.74) is 5.82. The highest BCUT2D eigenvalue weighted by Crippen LogP contribution is 2.45. The fraction of sp³-hybridized carbons (Fsp3) is 0.345. The third kappa shape index (κ3) is 13.2. The van der Waals surface area contributed by atoms with Crippen LogP contribution in [0.1, 0.15) is 76.1 Å². The summed E-state index contributed by atoms with van der Waals surface area (Å²) in [6, 6.07) is 25.2. The Bertz CT molecular complexity index is 3770. The number of nitrogens with zero attached hydrogens (tertiary/aromatic N) is 3. The zero-order valence-electron chi connectivity index (χ0n) is 46.5. The first-order valence-corrected chi connectivity index (χ1v) is 32.3. The van der Waals surface area contributed by atoms with Crippen LogP contribution in [0.25, 0.3) is 0 Å². The number of amides is 6. The van der Waals surface area contributed by atoms with Gasteiger partial charge in [0.1, 0.15) is 13.2 Å². The molecule has 6 N–H and O–H groups in total. The number of methoxy groups -OCH3 is 2. The largest absolute Gasteiger partial charge is 0.493 e. The van der Waals surface area contributed by atoms with Crippen molar-refractivity contribution in [3.63, 3.8) is 0 Å². The number of carbonyl (C=O) groups is 6. The molecule has 10 rings (SSSR count). The highest BCUT2D eigenvalue weighted by molar-refractivity contribution is 8.77. The number of ether oxygens (including phenoxy) is 4. The highest BCUT2D eigenvalue weighted by atomic mass is 33.1. The molecular weight excluding hydrogens is 1180 g/mol. The van der Waals surface area contributed by atoms with Crippen LogP contribution in [-0.4, -0.2) is 133 Å². The summed E-state index contributed by atoms with van der Waals surface area (Å²) in [5.74, 6) is -2.14. The van der Waals surface area contributed by atoms with Gasteiger partial charge in [-0.3, -0.25) is 42.8 Å². The molecular formula is C58H61N7O16S4. The second-order valence-electron chi connectivity index (χ2n) is 21.4. The maximum Gasteiger partial charge on any atom is 0.288 e. The molecule has 6 amide bonds. The van der Waals surface area contributed by atoms with Crippen LogP contribution in [0.4, 0.5) is 28.4 Å². The molecule has 5 aliphatic rings. The SMILES string of the molecule is COc1cc2c(cc1OCc1cc(COc3cc4c(cc3OC)C(=O)N3c5ccccc5C[C@H]3C(S(=O)(=O)O)N4)cc(NC(=O)CCC(C)(C)SSCCC(C(=O)NCCN3C(=O)C=CC3=O)S(=O)(=O)O)c1)NC[C@@H]1Cc3ccccc3N1C2=O. The lowest BCUT2D eigenvalue weighted by molar-refractivity contribution is -0.137. The van der Waals surface area contributed by atoms with Crippen LogP contribution in [0.15, 0.2) is 103 Å². The van der Waals surface area contributed by atoms with Crippen molar-refractivity contribution in [2.75, 3.05) is 65.4 Å². The first-order chi connectivity index (χ1) is 40.5. The fourth-order valence-electron chi connectivity index (χ4n) is 10.9. The standard InChI is InChI=1S/C58H61N7O16S4/c1-58(2,83-82-20-16-50(84(72,73)74)54(69)59-18-19-63-52(67)13-14-53(63)68)17-15-51(66)61-37-22-33(31-80-48-28-41-39(26-46(48)78-3)56(70)64-38(30-60-41)24-35-9-5-7-11-43(35)64)21-34(23-37)32-81-49-29-42-40(27-47(49)79-4)57(71)65-44-12-8-6-10-36(44)25-45(65)55(62-42)85(75,76)77/h5-14,21-23,26-29,38,45,50,55,60,62H,15-20,24-25,30-32H2,1-4H3,(H,59,69)(H,61,66)(H,72,73,74)(H,75,76,77)/t38-,45-,50?,55?/m0/s1. The second kappa shape index (κ2) is 24.6. The van der Waals surface area contributed by atoms with E-state index in [4.69, 9.17) is 18.9 Å². The van der Waals surface area contributed by atoms with E-state index >= 15 is 0 Å². The van der Waals surface area contributed by atoms with E-state index in [9.17, 15) is 54.7 Å². The van der Waals surface area contributed by atoms with E-state index in [1.54, 1.807) is 54.6 Å². The maximum atomic E-state index is 14.3. The first kappa shape index (κ1) is 60.3. The molecule has 85 heavy (non-hydrogen) atoms. The van der Waals surface area contributed by atoms with Crippen LogP contribution >= 0.6 is 21.6 Å². The van der Waals surface area contributed by atoms with E-state index in [1.165, 1.54) is 52.8 Å². The van der Waals surface area contributed by atoms with Crippen molar-refractivity contribution >= 4 is 106 Å². The van der Waals surface area contributed by atoms with Gasteiger partial charge in [0.2, 0.25) is 11.8 Å². The van der Waals surface area contributed by atoms with Crippen LogP contribution in [-0.2, 0) is 65.5 Å². The molecule has 0 spiro atoms. The number of imide groups is 1. The summed E-state index contributed by atoms with van der Waals surface area (Å²) in [6.45, 7) is 3.66. The minimum absolute atomic E-state index is 0.0368. The number of rotatable bonds is 23. The van der Waals surface area contributed by atoms with E-state index in [1.807, 2.05) is 43.0 Å². The van der Waals surface area contributed by atoms with E-state index in [0.29, 0.717) is 64.6 Å². The number of benzene rings is 5. The summed E-state index contributed by atoms with van der Waals surface area (Å²) in [6.07, 6.45) is 3.15. The Kier molecular flexibility index (Phi) is 17.5. The Morgan fingerprint density at radius 1 is 0.753 bits per heavy atom. The minimum Gasteiger partial charge on any atom is -0.493 e. The Morgan fingerprint density at radius 3 is 1.94 bits per heavy atom. The van der Waals surface area contributed by atoms with Crippen molar-refractivity contribution < 1.29 is 73.7 Å². The number of hydrogen-bond acceptors (Lipinski definition) is 18. The normalized spacial score (nSPS) is 18.1. The molecule has 0 radical (unpaired) electrons. The van der Waals surface area contributed by atoms with Crippen LogP contribution in [0.3, 0.4) is 0 Å². The molecule has 5 aromatic rings. The molecule has 5 aromatic carbocycles. The monoisotopic (exact) mass is 1240 g/mol. The summed E-state index contributed by atoms with van der Waals surface area (Å²) >= 11 is 0. The zero-order chi connectivity index (χ0) is 60.5. The molecule has 2 unspecified atom stereocenters. The van der Waals surface area contributed by atoms with Crippen molar-refractivity contribution in [2.45, 2.75) is 86.6 Å². The van der Waals surface area contributed by atoms with Gasteiger partial charge in [-0.05, 0) is 104 Å². The fourth-order valence-corrected chi connectivity index (χ4v) is 15.4. The van der Waals surface area contributed by atoms with Crippen LogP contribution in [0, 0.1) is 0 Å². The van der Waals surface area contributed by atoms with Gasteiger partial charge in [0.05, 0.1) is 48.8 Å². The Labute approximate surface area is 498 Å². The van der Waals surface area contributed by atoms with Gasteiger partial charge in [0.25, 0.3) is 43.9 Å². The smallest absolute Gasteiger partial charge is 0.288 e. The van der Waals surface area contributed by atoms with E-state index in [0.717, 1.165) is 33.9 Å². The number of hydrogen-bond donors (Lipinski definition) is 6. The van der Waals surface area contributed by atoms with E-state index in [-0.39, 0.29) is 91.9 Å². The number of nitrogens with one attached hydrogen (secondary N) is 4. The summed E-state index contributed by atoms with van der Waals surface area (Å²) in [5, 5.41) is 8.30. The average Bonchev–Trinajstić information content (AvgIpc) is 1.82. The van der Waals surface area contributed by atoms with Gasteiger partial charge in [-0.1, -0.05) is 58.0 Å². The molecule has 4 atom stereocenters. The molecule has 0 saturated heterocycles. The van der Waals surface area contributed by atoms with Gasteiger partial charge in [-0.15, -0.1) is 0 Å². The van der Waals surface area contributed by atoms with Gasteiger partial charge >= 0.3 is 0 Å². The van der Waals surface area contributed by atoms with Crippen LogP contribution in [0.2, 0.25) is 0 Å². The zero-order valence-corrected chi connectivity index (χ0v) is 49.8. The van der Waals surface area contributed by atoms with Crippen molar-refractivity contribution in [1.82, 2.24) is 10.2 Å². The van der Waals surface area contributed by atoms with Crippen molar-refractivity contribution in [2.24, 2.45) is 0 Å². The van der Waals surface area contributed by atoms with Gasteiger partial charge in [0, 0.05) is 77.9 Å². The number of anilines is 5. The molecule has 448 valence electrons. The number of para-hydroxylation sites is 2. The number of carbonyl (C=O) groups excluding carboxylic acids is 6. The molecule has 0 saturated carbocycles. The summed E-state index contributed by atoms with van der Waals surface area (Å²) < 4.78 is 94.7. The molecule has 5 heterocycles. The molecule has 0 bridgehead atoms. The van der Waals surface area contributed by atoms with Gasteiger partial charge in [0.15, 0.2) is 33.6 Å². The van der Waals surface area contributed by atoms with Gasteiger partial charge in [-0.2, -0.15) is 16.8 Å². The molecule has 23 nitrogen and oxygen atoms in total. The Hall–Kier alpha value is -7.82. The van der Waals surface area contributed by atoms with Crippen molar-refractivity contribution in [3.8, 4) is 23.0 Å². The third-order valence-corrected chi connectivity index (χ3v) is 20.7. The lowest BCUT2D eigenvalue weighted by Gasteiger charge is -2.27. The van der Waals surface area contributed by atoms with E-state index < -0.39 is 65.3 Å². The van der Waals surface area contributed by atoms with Crippen LogP contribution < -0.4 is 50.0 Å². The average molecular weight is 1240 g/mol.